The van der Waals surface area contributed by atoms with Gasteiger partial charge in [-0.15, -0.1) is 0 Å². The summed E-state index contributed by atoms with van der Waals surface area (Å²) in [6.07, 6.45) is 4.68. The summed E-state index contributed by atoms with van der Waals surface area (Å²) in [7, 11) is 0. The molecule has 2 rings (SSSR count). The van der Waals surface area contributed by atoms with Gasteiger partial charge in [0.15, 0.2) is 0 Å². The minimum Gasteiger partial charge on any atom is -0.391 e. The fourth-order valence-corrected chi connectivity index (χ4v) is 3.89. The van der Waals surface area contributed by atoms with Crippen molar-refractivity contribution in [1.29, 1.82) is 0 Å². The molecule has 0 amide bonds. The van der Waals surface area contributed by atoms with Crippen LogP contribution in [0.25, 0.3) is 0 Å². The Morgan fingerprint density at radius 2 is 1.92 bits per heavy atom. The highest BCUT2D eigenvalue weighted by molar-refractivity contribution is 5.11. The van der Waals surface area contributed by atoms with Gasteiger partial charge in [0.1, 0.15) is 0 Å². The number of hydrogen-bond acceptors (Lipinski definition) is 2. The molecule has 0 aromatic rings. The molecule has 0 spiro atoms. The number of nitrogens with two attached hydrogens (primary N) is 1. The summed E-state index contributed by atoms with van der Waals surface area (Å²) in [5.41, 5.74) is 6.06. The average molecular weight is 183 g/mol. The van der Waals surface area contributed by atoms with Crippen molar-refractivity contribution in [2.24, 2.45) is 22.5 Å². The monoisotopic (exact) mass is 183 g/mol. The largest absolute Gasteiger partial charge is 0.391 e. The van der Waals surface area contributed by atoms with Crippen LogP contribution in [0.2, 0.25) is 0 Å². The molecule has 13 heavy (non-hydrogen) atoms. The van der Waals surface area contributed by atoms with Crippen molar-refractivity contribution >= 4 is 0 Å². The summed E-state index contributed by atoms with van der Waals surface area (Å²) in [5.74, 6) is 0.827. The lowest BCUT2D eigenvalue weighted by Gasteiger charge is -2.41. The van der Waals surface area contributed by atoms with Crippen LogP contribution in [-0.2, 0) is 0 Å². The van der Waals surface area contributed by atoms with E-state index in [0.29, 0.717) is 12.0 Å². The first kappa shape index (κ1) is 9.47. The smallest absolute Gasteiger partial charge is 0.0723 e. The van der Waals surface area contributed by atoms with Crippen molar-refractivity contribution < 1.29 is 5.11 Å². The van der Waals surface area contributed by atoms with Crippen LogP contribution in [0.5, 0.6) is 0 Å². The zero-order chi connectivity index (χ0) is 9.69. The highest BCUT2D eigenvalue weighted by atomic mass is 16.3. The fourth-order valence-electron chi connectivity index (χ4n) is 3.89. The van der Waals surface area contributed by atoms with Gasteiger partial charge in [0, 0.05) is 12.0 Å². The van der Waals surface area contributed by atoms with Crippen molar-refractivity contribution in [1.82, 2.24) is 0 Å². The Kier molecular flexibility index (Phi) is 1.97. The molecule has 0 aliphatic heterocycles. The van der Waals surface area contributed by atoms with Gasteiger partial charge in [-0.3, -0.25) is 0 Å². The predicted molar refractivity (Wildman–Crippen MR) is 53.2 cm³/mol. The fraction of sp³-hybridized carbons (Fsp3) is 1.00. The maximum absolute atomic E-state index is 10.0. The standard InChI is InChI=1S/C11H21NO/c1-10(2)8-3-5-11(10,6-4-8)9(13)7-12/h8-9,13H,3-7,12H2,1-2H3. The molecular weight excluding hydrogens is 162 g/mol. The quantitative estimate of drug-likeness (QED) is 0.682. The second-order valence-corrected chi connectivity index (χ2v) is 5.40. The van der Waals surface area contributed by atoms with Gasteiger partial charge in [0.2, 0.25) is 0 Å². The van der Waals surface area contributed by atoms with E-state index >= 15 is 0 Å². The highest BCUT2D eigenvalue weighted by Crippen LogP contribution is 2.66. The van der Waals surface area contributed by atoms with Crippen LogP contribution in [0.1, 0.15) is 39.5 Å². The van der Waals surface area contributed by atoms with Crippen LogP contribution in [0, 0.1) is 16.7 Å². The Labute approximate surface area is 80.5 Å². The summed E-state index contributed by atoms with van der Waals surface area (Å²) in [6.45, 7) is 5.06. The third-order valence-electron chi connectivity index (χ3n) is 5.04. The Morgan fingerprint density at radius 3 is 2.23 bits per heavy atom. The van der Waals surface area contributed by atoms with E-state index in [0.717, 1.165) is 5.92 Å². The molecule has 76 valence electrons. The van der Waals surface area contributed by atoms with Gasteiger partial charge in [-0.05, 0) is 37.0 Å². The number of fused-ring (bicyclic) bond motifs is 2. The summed E-state index contributed by atoms with van der Waals surface area (Å²) < 4.78 is 0. The lowest BCUT2D eigenvalue weighted by atomic mass is 9.66. The Bertz CT molecular complexity index is 204. The van der Waals surface area contributed by atoms with E-state index in [-0.39, 0.29) is 11.5 Å². The first-order valence-electron chi connectivity index (χ1n) is 5.43. The molecular formula is C11H21NO. The lowest BCUT2D eigenvalue weighted by molar-refractivity contribution is -0.0252. The zero-order valence-corrected chi connectivity index (χ0v) is 8.71. The van der Waals surface area contributed by atoms with Crippen LogP contribution in [-0.4, -0.2) is 17.8 Å². The maximum atomic E-state index is 10.0. The van der Waals surface area contributed by atoms with Crippen molar-refractivity contribution in [2.75, 3.05) is 6.54 Å². The maximum Gasteiger partial charge on any atom is 0.0723 e. The third-order valence-corrected chi connectivity index (χ3v) is 5.04. The van der Waals surface area contributed by atoms with E-state index in [2.05, 4.69) is 13.8 Å². The number of aliphatic hydroxyl groups is 1. The lowest BCUT2D eigenvalue weighted by Crippen LogP contribution is -2.45. The first-order valence-corrected chi connectivity index (χ1v) is 5.43. The summed E-state index contributed by atoms with van der Waals surface area (Å²) in [4.78, 5) is 0. The van der Waals surface area contributed by atoms with Crippen LogP contribution in [0.3, 0.4) is 0 Å². The SMILES string of the molecule is CC1(C)C2CCC1(C(O)CN)CC2. The minimum atomic E-state index is -0.282. The van der Waals surface area contributed by atoms with Crippen molar-refractivity contribution in [3.63, 3.8) is 0 Å². The van der Waals surface area contributed by atoms with E-state index in [1.165, 1.54) is 25.7 Å². The van der Waals surface area contributed by atoms with Crippen molar-refractivity contribution in [3.8, 4) is 0 Å². The van der Waals surface area contributed by atoms with Gasteiger partial charge in [0.05, 0.1) is 6.10 Å². The Balaban J connectivity index is 2.31. The van der Waals surface area contributed by atoms with Gasteiger partial charge in [0.25, 0.3) is 0 Å². The molecule has 1 atom stereocenters. The van der Waals surface area contributed by atoms with Gasteiger partial charge in [-0.25, -0.2) is 0 Å². The van der Waals surface area contributed by atoms with Crippen LogP contribution in [0.4, 0.5) is 0 Å². The van der Waals surface area contributed by atoms with E-state index in [4.69, 9.17) is 5.73 Å². The van der Waals surface area contributed by atoms with E-state index in [9.17, 15) is 5.11 Å². The zero-order valence-electron chi connectivity index (χ0n) is 8.71. The molecule has 2 saturated carbocycles. The molecule has 0 saturated heterocycles. The van der Waals surface area contributed by atoms with Gasteiger partial charge in [-0.1, -0.05) is 13.8 Å². The Hall–Kier alpha value is -0.0800. The van der Waals surface area contributed by atoms with E-state index in [1.807, 2.05) is 0 Å². The minimum absolute atomic E-state index is 0.145. The van der Waals surface area contributed by atoms with E-state index in [1.54, 1.807) is 0 Å². The van der Waals surface area contributed by atoms with Crippen molar-refractivity contribution in [3.05, 3.63) is 0 Å². The van der Waals surface area contributed by atoms with Gasteiger partial charge in [-0.2, -0.15) is 0 Å². The van der Waals surface area contributed by atoms with Gasteiger partial charge < -0.3 is 10.8 Å². The second-order valence-electron chi connectivity index (χ2n) is 5.40. The topological polar surface area (TPSA) is 46.2 Å². The molecule has 1 unspecified atom stereocenters. The second kappa shape index (κ2) is 2.71. The van der Waals surface area contributed by atoms with Crippen LogP contribution >= 0.6 is 0 Å². The molecule has 2 fully saturated rings. The summed E-state index contributed by atoms with van der Waals surface area (Å²) in [5, 5.41) is 10.0. The third kappa shape index (κ3) is 0.962. The molecule has 0 aromatic carbocycles. The first-order chi connectivity index (χ1) is 6.04. The molecule has 2 aliphatic carbocycles. The normalized spacial score (nSPS) is 43.8. The summed E-state index contributed by atoms with van der Waals surface area (Å²) >= 11 is 0. The average Bonchev–Trinajstić information content (AvgIpc) is 2.53. The number of hydrogen-bond donors (Lipinski definition) is 2. The molecule has 0 heterocycles. The number of rotatable bonds is 2. The van der Waals surface area contributed by atoms with Crippen molar-refractivity contribution in [2.45, 2.75) is 45.6 Å². The molecule has 2 nitrogen and oxygen atoms in total. The molecule has 2 bridgehead atoms. The molecule has 3 N–H and O–H groups in total. The van der Waals surface area contributed by atoms with Gasteiger partial charge >= 0.3 is 0 Å². The molecule has 0 radical (unpaired) electrons. The predicted octanol–water partition coefficient (Wildman–Crippen LogP) is 1.52. The molecule has 2 aliphatic rings. The Morgan fingerprint density at radius 1 is 1.38 bits per heavy atom. The summed E-state index contributed by atoms with van der Waals surface area (Å²) in [6, 6.07) is 0. The van der Waals surface area contributed by atoms with Crippen LogP contribution in [0.15, 0.2) is 0 Å². The molecule has 0 aromatic heterocycles. The van der Waals surface area contributed by atoms with Crippen LogP contribution < -0.4 is 5.73 Å². The molecule has 2 heteroatoms. The highest BCUT2D eigenvalue weighted by Gasteiger charge is 2.61. The van der Waals surface area contributed by atoms with E-state index < -0.39 is 0 Å². The number of aliphatic hydroxyl groups excluding tert-OH is 1.